The number of carbonyl (C=O) groups excluding carboxylic acids is 3. The molecule has 124 valence electrons. The molecule has 2 amide bonds. The van der Waals surface area contributed by atoms with Gasteiger partial charge in [0.2, 0.25) is 5.91 Å². The number of amides is 2. The summed E-state index contributed by atoms with van der Waals surface area (Å²) in [5.74, 6) is -0.366. The molecule has 1 aromatic heterocycles. The molecule has 0 aliphatic carbocycles. The van der Waals surface area contributed by atoms with E-state index in [0.717, 1.165) is 0 Å². The average Bonchev–Trinajstić information content (AvgIpc) is 3.04. The van der Waals surface area contributed by atoms with Gasteiger partial charge in [-0.3, -0.25) is 19.3 Å². The molecule has 8 heteroatoms. The van der Waals surface area contributed by atoms with Gasteiger partial charge in [0.05, 0.1) is 5.69 Å². The zero-order valence-electron chi connectivity index (χ0n) is 13.1. The zero-order valence-corrected chi connectivity index (χ0v) is 13.9. The van der Waals surface area contributed by atoms with E-state index in [-0.39, 0.29) is 24.1 Å². The van der Waals surface area contributed by atoms with Crippen LogP contribution < -0.4 is 15.0 Å². The third-order valence-corrected chi connectivity index (χ3v) is 4.24. The van der Waals surface area contributed by atoms with Gasteiger partial charge in [-0.05, 0) is 32.0 Å². The molecule has 2 heterocycles. The summed E-state index contributed by atoms with van der Waals surface area (Å²) in [5, 5.41) is 4.85. The van der Waals surface area contributed by atoms with Crippen molar-refractivity contribution in [3.05, 3.63) is 35.3 Å². The molecule has 0 fully saturated rings. The maximum atomic E-state index is 12.4. The molecule has 0 saturated heterocycles. The van der Waals surface area contributed by atoms with Crippen molar-refractivity contribution in [1.82, 2.24) is 4.98 Å². The first-order chi connectivity index (χ1) is 11.5. The fourth-order valence-electron chi connectivity index (χ4n) is 2.38. The molecule has 1 unspecified atom stereocenters. The van der Waals surface area contributed by atoms with Crippen molar-refractivity contribution in [2.75, 3.05) is 16.8 Å². The van der Waals surface area contributed by atoms with Crippen molar-refractivity contribution in [3.8, 4) is 5.75 Å². The quantitative estimate of drug-likeness (QED) is 0.857. The van der Waals surface area contributed by atoms with E-state index >= 15 is 0 Å². The van der Waals surface area contributed by atoms with Gasteiger partial charge in [-0.1, -0.05) is 0 Å². The molecule has 0 bridgehead atoms. The smallest absolute Gasteiger partial charge is 0.268 e. The van der Waals surface area contributed by atoms with Crippen LogP contribution in [0.5, 0.6) is 5.75 Å². The largest absolute Gasteiger partial charge is 0.479 e. The van der Waals surface area contributed by atoms with Gasteiger partial charge in [-0.2, -0.15) is 0 Å². The van der Waals surface area contributed by atoms with Crippen LogP contribution in [-0.4, -0.2) is 35.2 Å². The minimum absolute atomic E-state index is 0.129. The molecule has 1 aromatic carbocycles. The Morgan fingerprint density at radius 2 is 2.21 bits per heavy atom. The lowest BCUT2D eigenvalue weighted by molar-refractivity contribution is -0.127. The number of aromatic nitrogens is 1. The Kier molecular flexibility index (Phi) is 4.30. The predicted molar refractivity (Wildman–Crippen MR) is 89.6 cm³/mol. The van der Waals surface area contributed by atoms with E-state index < -0.39 is 6.10 Å². The van der Waals surface area contributed by atoms with Crippen LogP contribution in [0.2, 0.25) is 0 Å². The number of ketones is 1. The van der Waals surface area contributed by atoms with Crippen LogP contribution in [-0.2, 0) is 9.59 Å². The highest BCUT2D eigenvalue weighted by Gasteiger charge is 2.33. The lowest BCUT2D eigenvalue weighted by Crippen LogP contribution is -2.47. The molecule has 7 nitrogen and oxygen atoms in total. The highest BCUT2D eigenvalue weighted by atomic mass is 32.1. The van der Waals surface area contributed by atoms with Gasteiger partial charge in [-0.25, -0.2) is 4.98 Å². The van der Waals surface area contributed by atoms with Crippen LogP contribution >= 0.6 is 11.3 Å². The molecule has 0 spiro atoms. The Morgan fingerprint density at radius 3 is 2.88 bits per heavy atom. The Labute approximate surface area is 142 Å². The first kappa shape index (κ1) is 16.1. The van der Waals surface area contributed by atoms with Gasteiger partial charge in [0.1, 0.15) is 12.3 Å². The second kappa shape index (κ2) is 6.40. The van der Waals surface area contributed by atoms with E-state index in [4.69, 9.17) is 4.74 Å². The van der Waals surface area contributed by atoms with Crippen LogP contribution in [0.25, 0.3) is 0 Å². The van der Waals surface area contributed by atoms with Crippen LogP contribution in [0.1, 0.15) is 24.2 Å². The van der Waals surface area contributed by atoms with Crippen LogP contribution in [0, 0.1) is 0 Å². The summed E-state index contributed by atoms with van der Waals surface area (Å²) < 4.78 is 5.55. The maximum absolute atomic E-state index is 12.4. The number of hydrogen-bond acceptors (Lipinski definition) is 6. The molecule has 1 atom stereocenters. The Bertz CT molecular complexity index is 804. The molecule has 1 aliphatic heterocycles. The topological polar surface area (TPSA) is 88.6 Å². The van der Waals surface area contributed by atoms with Crippen molar-refractivity contribution in [2.24, 2.45) is 0 Å². The van der Waals surface area contributed by atoms with Gasteiger partial charge < -0.3 is 10.1 Å². The van der Waals surface area contributed by atoms with Crippen LogP contribution in [0.3, 0.4) is 0 Å². The predicted octanol–water partition coefficient (Wildman–Crippen LogP) is 2.10. The second-order valence-corrected chi connectivity index (χ2v) is 6.20. The number of rotatable bonds is 4. The van der Waals surface area contributed by atoms with Crippen molar-refractivity contribution in [3.63, 3.8) is 0 Å². The van der Waals surface area contributed by atoms with E-state index in [0.29, 0.717) is 22.1 Å². The van der Waals surface area contributed by atoms with E-state index in [9.17, 15) is 14.4 Å². The number of thiazole rings is 1. The van der Waals surface area contributed by atoms with Crippen LogP contribution in [0.4, 0.5) is 10.8 Å². The molecular formula is C16H15N3O4S. The maximum Gasteiger partial charge on any atom is 0.268 e. The molecule has 1 aliphatic rings. The third kappa shape index (κ3) is 3.13. The fourth-order valence-corrected chi connectivity index (χ4v) is 2.92. The summed E-state index contributed by atoms with van der Waals surface area (Å²) in [6, 6.07) is 4.84. The second-order valence-electron chi connectivity index (χ2n) is 5.31. The molecule has 0 radical (unpaired) electrons. The number of Topliss-reactive ketones (excluding diaryl/α,β-unsaturated/α-hetero) is 1. The molecular weight excluding hydrogens is 330 g/mol. The van der Waals surface area contributed by atoms with Gasteiger partial charge in [0.15, 0.2) is 17.0 Å². The first-order valence-corrected chi connectivity index (χ1v) is 8.16. The summed E-state index contributed by atoms with van der Waals surface area (Å²) >= 11 is 1.29. The zero-order chi connectivity index (χ0) is 17.3. The van der Waals surface area contributed by atoms with Gasteiger partial charge in [-0.15, -0.1) is 11.3 Å². The van der Waals surface area contributed by atoms with Gasteiger partial charge in [0.25, 0.3) is 5.91 Å². The monoisotopic (exact) mass is 345 g/mol. The average molecular weight is 345 g/mol. The van der Waals surface area contributed by atoms with Crippen molar-refractivity contribution < 1.29 is 19.1 Å². The summed E-state index contributed by atoms with van der Waals surface area (Å²) in [7, 11) is 0. The number of hydrogen-bond donors (Lipinski definition) is 1. The molecule has 0 saturated carbocycles. The molecule has 3 rings (SSSR count). The summed E-state index contributed by atoms with van der Waals surface area (Å²) in [5.41, 5.74) is 0.866. The van der Waals surface area contributed by atoms with Gasteiger partial charge in [0, 0.05) is 17.1 Å². The standard InChI is InChI=1S/C16H15N3O4S/c1-9(20)11-3-4-13-12(7-11)19(15(22)10(2)23-13)8-14(21)18-16-17-5-6-24-16/h3-7,10H,8H2,1-2H3,(H,17,18,21). The van der Waals surface area contributed by atoms with E-state index in [1.807, 2.05) is 0 Å². The molecule has 2 aromatic rings. The third-order valence-electron chi connectivity index (χ3n) is 3.55. The number of carbonyl (C=O) groups is 3. The van der Waals surface area contributed by atoms with E-state index in [1.165, 1.54) is 23.2 Å². The Hall–Kier alpha value is -2.74. The number of benzene rings is 1. The minimum atomic E-state index is -0.701. The Morgan fingerprint density at radius 1 is 1.42 bits per heavy atom. The summed E-state index contributed by atoms with van der Waals surface area (Å²) in [4.78, 5) is 41.5. The minimum Gasteiger partial charge on any atom is -0.479 e. The SMILES string of the molecule is CC(=O)c1ccc2c(c1)N(CC(=O)Nc1nccs1)C(=O)C(C)O2. The van der Waals surface area contributed by atoms with E-state index in [1.54, 1.807) is 36.7 Å². The molecule has 1 N–H and O–H groups in total. The lowest BCUT2D eigenvalue weighted by Gasteiger charge is -2.32. The number of nitrogens with one attached hydrogen (secondary N) is 1. The fraction of sp³-hybridized carbons (Fsp3) is 0.250. The number of anilines is 2. The highest BCUT2D eigenvalue weighted by Crippen LogP contribution is 2.35. The Balaban J connectivity index is 1.88. The lowest BCUT2D eigenvalue weighted by atomic mass is 10.1. The van der Waals surface area contributed by atoms with Crippen molar-refractivity contribution >= 4 is 39.8 Å². The number of nitrogens with zero attached hydrogens (tertiary/aromatic N) is 2. The van der Waals surface area contributed by atoms with Crippen molar-refractivity contribution in [2.45, 2.75) is 20.0 Å². The summed E-state index contributed by atoms with van der Waals surface area (Å²) in [6.07, 6.45) is 0.879. The number of fused-ring (bicyclic) bond motifs is 1. The molecule has 24 heavy (non-hydrogen) atoms. The first-order valence-electron chi connectivity index (χ1n) is 7.28. The van der Waals surface area contributed by atoms with Crippen molar-refractivity contribution in [1.29, 1.82) is 0 Å². The normalized spacial score (nSPS) is 16.3. The van der Waals surface area contributed by atoms with E-state index in [2.05, 4.69) is 10.3 Å². The highest BCUT2D eigenvalue weighted by molar-refractivity contribution is 7.13. The van der Waals surface area contributed by atoms with Crippen LogP contribution in [0.15, 0.2) is 29.8 Å². The number of ether oxygens (including phenoxy) is 1. The van der Waals surface area contributed by atoms with Gasteiger partial charge >= 0.3 is 0 Å². The summed E-state index contributed by atoms with van der Waals surface area (Å²) in [6.45, 7) is 2.88.